The summed E-state index contributed by atoms with van der Waals surface area (Å²) in [6, 6.07) is 7.63. The quantitative estimate of drug-likeness (QED) is 0.761. The summed E-state index contributed by atoms with van der Waals surface area (Å²) in [6.45, 7) is 0.331. The maximum Gasteiger partial charge on any atom is 0.330 e. The third-order valence-electron chi connectivity index (χ3n) is 4.38. The number of benzene rings is 1. The zero-order chi connectivity index (χ0) is 19.4. The van der Waals surface area contributed by atoms with E-state index in [4.69, 9.17) is 4.74 Å². The van der Waals surface area contributed by atoms with Gasteiger partial charge in [0.2, 0.25) is 0 Å². The van der Waals surface area contributed by atoms with E-state index in [0.717, 1.165) is 6.07 Å². The lowest BCUT2D eigenvalue weighted by Crippen LogP contribution is -2.59. The van der Waals surface area contributed by atoms with E-state index in [2.05, 4.69) is 4.98 Å². The minimum Gasteiger partial charge on any atom is -0.467 e. The van der Waals surface area contributed by atoms with E-state index in [1.165, 1.54) is 41.3 Å². The van der Waals surface area contributed by atoms with E-state index in [9.17, 15) is 18.8 Å². The van der Waals surface area contributed by atoms with Crippen molar-refractivity contribution < 1.29 is 23.5 Å². The summed E-state index contributed by atoms with van der Waals surface area (Å²) in [5, 5.41) is 0. The van der Waals surface area contributed by atoms with Crippen LogP contribution in [0.1, 0.15) is 20.7 Å². The molecule has 7 nitrogen and oxygen atoms in total. The molecule has 1 aliphatic heterocycles. The SMILES string of the molecule is COC(=O)C1CN(C(=O)c2cccc(F)c2)CCN1C(=O)c1cccnc1. The fraction of sp³-hybridized carbons (Fsp3) is 0.263. The Hall–Kier alpha value is -3.29. The second kappa shape index (κ2) is 7.94. The molecule has 3 rings (SSSR count). The van der Waals surface area contributed by atoms with Crippen molar-refractivity contribution in [3.63, 3.8) is 0 Å². The van der Waals surface area contributed by atoms with Crippen LogP contribution < -0.4 is 0 Å². The number of methoxy groups -OCH3 is 1. The first kappa shape index (κ1) is 18.5. The minimum absolute atomic E-state index is 0.0337. The van der Waals surface area contributed by atoms with E-state index in [1.54, 1.807) is 18.3 Å². The van der Waals surface area contributed by atoms with Crippen molar-refractivity contribution >= 4 is 17.8 Å². The van der Waals surface area contributed by atoms with E-state index in [1.807, 2.05) is 0 Å². The van der Waals surface area contributed by atoms with Gasteiger partial charge in [0.05, 0.1) is 19.2 Å². The zero-order valence-electron chi connectivity index (χ0n) is 14.7. The van der Waals surface area contributed by atoms with E-state index in [-0.39, 0.29) is 31.1 Å². The molecule has 2 aromatic rings. The fourth-order valence-corrected chi connectivity index (χ4v) is 3.01. The van der Waals surface area contributed by atoms with Gasteiger partial charge in [0.1, 0.15) is 11.9 Å². The van der Waals surface area contributed by atoms with Crippen molar-refractivity contribution in [1.82, 2.24) is 14.8 Å². The highest BCUT2D eigenvalue weighted by atomic mass is 19.1. The van der Waals surface area contributed by atoms with Gasteiger partial charge in [0.25, 0.3) is 11.8 Å². The largest absolute Gasteiger partial charge is 0.467 e. The Morgan fingerprint density at radius 2 is 1.89 bits per heavy atom. The number of pyridine rings is 1. The van der Waals surface area contributed by atoms with Crippen LogP contribution in [0.5, 0.6) is 0 Å². The Labute approximate surface area is 155 Å². The number of hydrogen-bond donors (Lipinski definition) is 0. The highest BCUT2D eigenvalue weighted by Gasteiger charge is 2.38. The normalized spacial score (nSPS) is 16.7. The van der Waals surface area contributed by atoms with Gasteiger partial charge in [-0.15, -0.1) is 0 Å². The molecule has 2 heterocycles. The van der Waals surface area contributed by atoms with Crippen molar-refractivity contribution in [1.29, 1.82) is 0 Å². The molecule has 1 aromatic heterocycles. The second-order valence-corrected chi connectivity index (χ2v) is 6.04. The fourth-order valence-electron chi connectivity index (χ4n) is 3.01. The van der Waals surface area contributed by atoms with E-state index < -0.39 is 23.7 Å². The molecule has 8 heteroatoms. The van der Waals surface area contributed by atoms with Crippen LogP contribution in [0, 0.1) is 5.82 Å². The van der Waals surface area contributed by atoms with Crippen molar-refractivity contribution in [3.8, 4) is 0 Å². The lowest BCUT2D eigenvalue weighted by Gasteiger charge is -2.39. The summed E-state index contributed by atoms with van der Waals surface area (Å²) < 4.78 is 18.2. The van der Waals surface area contributed by atoms with Gasteiger partial charge in [0.15, 0.2) is 0 Å². The van der Waals surface area contributed by atoms with Gasteiger partial charge in [-0.2, -0.15) is 0 Å². The first-order valence-electron chi connectivity index (χ1n) is 8.35. The number of carbonyl (C=O) groups excluding carboxylic acids is 3. The summed E-state index contributed by atoms with van der Waals surface area (Å²) in [5.41, 5.74) is 0.530. The van der Waals surface area contributed by atoms with Crippen molar-refractivity contribution in [2.45, 2.75) is 6.04 Å². The number of halogens is 1. The average molecular weight is 371 g/mol. The average Bonchev–Trinajstić information content (AvgIpc) is 2.72. The van der Waals surface area contributed by atoms with E-state index >= 15 is 0 Å². The Morgan fingerprint density at radius 1 is 1.11 bits per heavy atom. The monoisotopic (exact) mass is 371 g/mol. The summed E-state index contributed by atoms with van der Waals surface area (Å²) in [4.78, 5) is 44.3. The highest BCUT2D eigenvalue weighted by molar-refractivity contribution is 5.98. The molecule has 1 atom stereocenters. The number of ether oxygens (including phenoxy) is 1. The lowest BCUT2D eigenvalue weighted by molar-refractivity contribution is -0.147. The topological polar surface area (TPSA) is 79.8 Å². The number of piperazine rings is 1. The van der Waals surface area contributed by atoms with Crippen molar-refractivity contribution in [2.24, 2.45) is 0 Å². The molecule has 0 aliphatic carbocycles. The maximum atomic E-state index is 13.4. The molecule has 0 radical (unpaired) electrons. The molecule has 1 aromatic carbocycles. The third-order valence-corrected chi connectivity index (χ3v) is 4.38. The van der Waals surface area contributed by atoms with Crippen molar-refractivity contribution in [2.75, 3.05) is 26.7 Å². The van der Waals surface area contributed by atoms with Gasteiger partial charge in [-0.3, -0.25) is 14.6 Å². The smallest absolute Gasteiger partial charge is 0.330 e. The Morgan fingerprint density at radius 3 is 2.56 bits per heavy atom. The van der Waals surface area contributed by atoms with Gasteiger partial charge in [-0.25, -0.2) is 9.18 Å². The van der Waals surface area contributed by atoms with Crippen molar-refractivity contribution in [3.05, 3.63) is 65.7 Å². The standard InChI is InChI=1S/C19H18FN3O4/c1-27-19(26)16-12-22(17(24)13-4-2-6-15(20)10-13)8-9-23(16)18(25)14-5-3-7-21-11-14/h2-7,10-11,16H,8-9,12H2,1H3. The molecule has 0 saturated carbocycles. The second-order valence-electron chi connectivity index (χ2n) is 6.04. The number of carbonyl (C=O) groups is 3. The van der Waals surface area contributed by atoms with Crippen LogP contribution in [0.15, 0.2) is 48.8 Å². The molecule has 0 spiro atoms. The number of rotatable bonds is 3. The Kier molecular flexibility index (Phi) is 5.44. The van der Waals surface area contributed by atoms with Gasteiger partial charge in [-0.05, 0) is 30.3 Å². The summed E-state index contributed by atoms with van der Waals surface area (Å²) in [6.07, 6.45) is 2.96. The first-order chi connectivity index (χ1) is 13.0. The van der Waals surface area contributed by atoms with Crippen LogP contribution in [-0.2, 0) is 9.53 Å². The number of esters is 1. The molecule has 1 unspecified atom stereocenters. The molecule has 1 saturated heterocycles. The minimum atomic E-state index is -0.950. The molecule has 1 fully saturated rings. The van der Waals surface area contributed by atoms with E-state index in [0.29, 0.717) is 5.56 Å². The zero-order valence-corrected chi connectivity index (χ0v) is 14.7. The predicted octanol–water partition coefficient (Wildman–Crippen LogP) is 1.36. The first-order valence-corrected chi connectivity index (χ1v) is 8.35. The van der Waals surface area contributed by atoms with Crippen LogP contribution in [0.25, 0.3) is 0 Å². The number of amides is 2. The predicted molar refractivity (Wildman–Crippen MR) is 93.4 cm³/mol. The molecule has 2 amide bonds. The molecule has 1 aliphatic rings. The number of nitrogens with zero attached hydrogens (tertiary/aromatic N) is 3. The Bertz CT molecular complexity index is 859. The van der Waals surface area contributed by atoms with Crippen LogP contribution in [0.2, 0.25) is 0 Å². The maximum absolute atomic E-state index is 13.4. The van der Waals surface area contributed by atoms with Crippen LogP contribution in [-0.4, -0.2) is 65.4 Å². The van der Waals surface area contributed by atoms with Gasteiger partial charge >= 0.3 is 5.97 Å². The van der Waals surface area contributed by atoms with Gasteiger partial charge < -0.3 is 14.5 Å². The molecule has 140 valence electrons. The summed E-state index contributed by atoms with van der Waals surface area (Å²) >= 11 is 0. The highest BCUT2D eigenvalue weighted by Crippen LogP contribution is 2.18. The van der Waals surface area contributed by atoms with Crippen LogP contribution >= 0.6 is 0 Å². The lowest BCUT2D eigenvalue weighted by atomic mass is 10.1. The Balaban J connectivity index is 1.81. The molecule has 0 N–H and O–H groups in total. The molecule has 27 heavy (non-hydrogen) atoms. The molecular formula is C19H18FN3O4. The van der Waals surface area contributed by atoms with Crippen LogP contribution in [0.3, 0.4) is 0 Å². The molecule has 0 bridgehead atoms. The van der Waals surface area contributed by atoms with Gasteiger partial charge in [0, 0.05) is 31.0 Å². The summed E-state index contributed by atoms with van der Waals surface area (Å²) in [5.74, 6) is -1.91. The third kappa shape index (κ3) is 3.94. The number of hydrogen-bond acceptors (Lipinski definition) is 5. The summed E-state index contributed by atoms with van der Waals surface area (Å²) in [7, 11) is 1.22. The molecular weight excluding hydrogens is 353 g/mol. The van der Waals surface area contributed by atoms with Crippen LogP contribution in [0.4, 0.5) is 4.39 Å². The number of aromatic nitrogens is 1. The van der Waals surface area contributed by atoms with Gasteiger partial charge in [-0.1, -0.05) is 6.07 Å².